The normalized spacial score (nSPS) is 11.2. The Labute approximate surface area is 189 Å². The average molecular weight is 449 g/mol. The number of unbranched alkanes of at least 4 members (excludes halogenated alkanes) is 1. The van der Waals surface area contributed by atoms with Crippen LogP contribution < -0.4 is 0 Å². The first kappa shape index (κ1) is 29.0. The van der Waals surface area contributed by atoms with E-state index in [1.807, 2.05) is 26.0 Å². The second-order valence-electron chi connectivity index (χ2n) is 6.41. The molecule has 0 saturated heterocycles. The van der Waals surface area contributed by atoms with Crippen LogP contribution in [0.4, 0.5) is 8.78 Å². The van der Waals surface area contributed by atoms with Crippen LogP contribution in [0.2, 0.25) is 0 Å². The van der Waals surface area contributed by atoms with Crippen molar-refractivity contribution in [2.75, 3.05) is 20.1 Å². The molecule has 2 aromatic heterocycles. The maximum Gasteiger partial charge on any atom is 0.258 e. The Balaban J connectivity index is 0.000000635. The zero-order chi connectivity index (χ0) is 24.4. The minimum atomic E-state index is -0.913. The van der Waals surface area contributed by atoms with Gasteiger partial charge in [0, 0.05) is 36.0 Å². The first-order valence-electron chi connectivity index (χ1n) is 10.7. The van der Waals surface area contributed by atoms with Gasteiger partial charge < -0.3 is 9.42 Å². The molecule has 0 N–H and O–H groups in total. The van der Waals surface area contributed by atoms with Gasteiger partial charge >= 0.3 is 0 Å². The highest BCUT2D eigenvalue weighted by atomic mass is 19.1. The Bertz CT molecular complexity index is 849. The van der Waals surface area contributed by atoms with Crippen molar-refractivity contribution in [2.45, 2.75) is 47.0 Å². The minimum Gasteiger partial charge on any atom is -0.334 e. The van der Waals surface area contributed by atoms with E-state index in [1.165, 1.54) is 13.0 Å². The van der Waals surface area contributed by atoms with Crippen LogP contribution in [0, 0.1) is 0 Å². The standard InChI is InChI=1S/C14H20N4O.C8H8F2O.C2H6/c1-3-18(2)11-5-4-6-13-16-14(19-17-13)12-7-9-15-10-8-12;1-3-7(5-11)8(10)4-6(2)9;1-2/h7-10H,3-6,11H2,1-2H3;3-5H,2H2,1H3;1-2H3/b;7-3-,8-4+;. The van der Waals surface area contributed by atoms with Crippen LogP contribution in [0.25, 0.3) is 11.5 Å². The SMILES string of the molecule is C=C(F)/C=C(F)\C(C=O)=C/C.CC.CCN(C)CCCCc1noc(-c2ccncc2)n1. The average Bonchev–Trinajstić information content (AvgIpc) is 3.28. The molecule has 176 valence electrons. The predicted molar refractivity (Wildman–Crippen MR) is 124 cm³/mol. The highest BCUT2D eigenvalue weighted by molar-refractivity contribution is 5.79. The van der Waals surface area contributed by atoms with Crippen molar-refractivity contribution >= 4 is 6.29 Å². The monoisotopic (exact) mass is 448 g/mol. The summed E-state index contributed by atoms with van der Waals surface area (Å²) in [4.78, 5) is 20.7. The molecule has 2 heterocycles. The summed E-state index contributed by atoms with van der Waals surface area (Å²) in [5.41, 5.74) is 0.739. The van der Waals surface area contributed by atoms with Gasteiger partial charge in [-0.2, -0.15) is 4.98 Å². The number of allylic oxidation sites excluding steroid dienone is 5. The number of carbonyl (C=O) groups is 1. The number of aryl methyl sites for hydroxylation is 1. The van der Waals surface area contributed by atoms with Crippen LogP contribution in [0.3, 0.4) is 0 Å². The smallest absolute Gasteiger partial charge is 0.258 e. The number of pyridine rings is 1. The summed E-state index contributed by atoms with van der Waals surface area (Å²) in [5.74, 6) is -0.465. The molecule has 0 bridgehead atoms. The van der Waals surface area contributed by atoms with Crippen molar-refractivity contribution in [3.05, 3.63) is 66.3 Å². The summed E-state index contributed by atoms with van der Waals surface area (Å²) in [5, 5.41) is 4.01. The fourth-order valence-electron chi connectivity index (χ4n) is 2.27. The van der Waals surface area contributed by atoms with Crippen LogP contribution in [-0.4, -0.2) is 46.4 Å². The van der Waals surface area contributed by atoms with E-state index in [0.29, 0.717) is 18.3 Å². The van der Waals surface area contributed by atoms with Gasteiger partial charge in [0.15, 0.2) is 12.1 Å². The molecule has 0 aromatic carbocycles. The number of aldehydes is 1. The largest absolute Gasteiger partial charge is 0.334 e. The van der Waals surface area contributed by atoms with E-state index in [2.05, 4.69) is 40.6 Å². The van der Waals surface area contributed by atoms with Crippen LogP contribution in [0.15, 0.2) is 65.0 Å². The first-order chi connectivity index (χ1) is 15.4. The van der Waals surface area contributed by atoms with E-state index in [-0.39, 0.29) is 5.57 Å². The van der Waals surface area contributed by atoms with E-state index in [0.717, 1.165) is 43.7 Å². The molecule has 0 aliphatic carbocycles. The molecule has 2 aromatic rings. The van der Waals surface area contributed by atoms with Gasteiger partial charge in [0.2, 0.25) is 0 Å². The van der Waals surface area contributed by atoms with E-state index in [1.54, 1.807) is 12.4 Å². The lowest BCUT2D eigenvalue weighted by Crippen LogP contribution is -2.18. The Hall–Kier alpha value is -3.00. The molecule has 0 saturated carbocycles. The van der Waals surface area contributed by atoms with E-state index >= 15 is 0 Å². The molecule has 0 aliphatic heterocycles. The van der Waals surface area contributed by atoms with Crippen molar-refractivity contribution in [2.24, 2.45) is 0 Å². The second kappa shape index (κ2) is 17.7. The Morgan fingerprint density at radius 2 is 1.88 bits per heavy atom. The van der Waals surface area contributed by atoms with Gasteiger partial charge in [-0.05, 0) is 52.0 Å². The molecule has 0 radical (unpaired) electrons. The van der Waals surface area contributed by atoms with E-state index in [4.69, 9.17) is 4.52 Å². The Kier molecular flexibility index (Phi) is 16.0. The van der Waals surface area contributed by atoms with Gasteiger partial charge in [-0.3, -0.25) is 9.78 Å². The van der Waals surface area contributed by atoms with Crippen molar-refractivity contribution in [1.82, 2.24) is 20.0 Å². The maximum atomic E-state index is 12.6. The summed E-state index contributed by atoms with van der Waals surface area (Å²) in [7, 11) is 2.13. The molecule has 2 rings (SSSR count). The third-order valence-electron chi connectivity index (χ3n) is 4.12. The number of hydrogen-bond acceptors (Lipinski definition) is 6. The topological polar surface area (TPSA) is 72.1 Å². The third kappa shape index (κ3) is 12.0. The molecule has 0 spiro atoms. The lowest BCUT2D eigenvalue weighted by atomic mass is 10.2. The summed E-state index contributed by atoms with van der Waals surface area (Å²) >= 11 is 0. The van der Waals surface area contributed by atoms with Crippen molar-refractivity contribution in [3.8, 4) is 11.5 Å². The molecule has 6 nitrogen and oxygen atoms in total. The Morgan fingerprint density at radius 1 is 1.22 bits per heavy atom. The number of aromatic nitrogens is 3. The summed E-state index contributed by atoms with van der Waals surface area (Å²) in [6.45, 7) is 12.7. The number of halogens is 2. The quantitative estimate of drug-likeness (QED) is 0.195. The third-order valence-corrected chi connectivity index (χ3v) is 4.12. The highest BCUT2D eigenvalue weighted by Gasteiger charge is 2.08. The van der Waals surface area contributed by atoms with E-state index < -0.39 is 11.7 Å². The van der Waals surface area contributed by atoms with Crippen LogP contribution in [0.1, 0.15) is 46.4 Å². The van der Waals surface area contributed by atoms with Crippen molar-refractivity contribution < 1.29 is 18.1 Å². The fraction of sp³-hybridized carbons (Fsp3) is 0.417. The highest BCUT2D eigenvalue weighted by Crippen LogP contribution is 2.16. The number of carbonyl (C=O) groups excluding carboxylic acids is 1. The molecular weight excluding hydrogens is 414 g/mol. The van der Waals surface area contributed by atoms with Gasteiger partial charge in [-0.25, -0.2) is 8.78 Å². The predicted octanol–water partition coefficient (Wildman–Crippen LogP) is 5.90. The fourth-order valence-corrected chi connectivity index (χ4v) is 2.27. The molecule has 0 atom stereocenters. The van der Waals surface area contributed by atoms with Gasteiger partial charge in [0.1, 0.15) is 11.7 Å². The van der Waals surface area contributed by atoms with Gasteiger partial charge in [-0.1, -0.05) is 38.6 Å². The molecule has 0 fully saturated rings. The molecule has 0 amide bonds. The van der Waals surface area contributed by atoms with Crippen LogP contribution >= 0.6 is 0 Å². The van der Waals surface area contributed by atoms with Gasteiger partial charge in [-0.15, -0.1) is 0 Å². The molecule has 32 heavy (non-hydrogen) atoms. The lowest BCUT2D eigenvalue weighted by molar-refractivity contribution is -0.104. The van der Waals surface area contributed by atoms with Crippen molar-refractivity contribution in [3.63, 3.8) is 0 Å². The number of rotatable bonds is 10. The zero-order valence-electron chi connectivity index (χ0n) is 19.6. The van der Waals surface area contributed by atoms with E-state index in [9.17, 15) is 13.6 Å². The second-order valence-corrected chi connectivity index (χ2v) is 6.41. The number of nitrogens with zero attached hydrogens (tertiary/aromatic N) is 4. The van der Waals surface area contributed by atoms with Gasteiger partial charge in [0.05, 0.1) is 0 Å². The summed E-state index contributed by atoms with van der Waals surface area (Å²) < 4.78 is 29.8. The van der Waals surface area contributed by atoms with Gasteiger partial charge in [0.25, 0.3) is 5.89 Å². The Morgan fingerprint density at radius 3 is 2.41 bits per heavy atom. The van der Waals surface area contributed by atoms with Crippen LogP contribution in [0.5, 0.6) is 0 Å². The van der Waals surface area contributed by atoms with Crippen LogP contribution in [-0.2, 0) is 11.2 Å². The first-order valence-corrected chi connectivity index (χ1v) is 10.7. The summed E-state index contributed by atoms with van der Waals surface area (Å²) in [6.07, 6.45) is 8.68. The molecule has 0 aliphatic rings. The minimum absolute atomic E-state index is 0.177. The summed E-state index contributed by atoms with van der Waals surface area (Å²) in [6, 6.07) is 3.74. The number of hydrogen-bond donors (Lipinski definition) is 0. The maximum absolute atomic E-state index is 12.6. The zero-order valence-corrected chi connectivity index (χ0v) is 19.6. The van der Waals surface area contributed by atoms with Crippen molar-refractivity contribution in [1.29, 1.82) is 0 Å². The lowest BCUT2D eigenvalue weighted by Gasteiger charge is -2.12. The molecular formula is C24H34F2N4O2. The molecule has 0 unspecified atom stereocenters. The molecule has 8 heteroatoms.